The highest BCUT2D eigenvalue weighted by Crippen LogP contribution is 2.21. The van der Waals surface area contributed by atoms with Crippen LogP contribution in [-0.2, 0) is 6.42 Å². The van der Waals surface area contributed by atoms with Crippen molar-refractivity contribution in [2.24, 2.45) is 0 Å². The molecule has 0 aliphatic heterocycles. The summed E-state index contributed by atoms with van der Waals surface area (Å²) in [5.41, 5.74) is 6.11. The first kappa shape index (κ1) is 21.5. The summed E-state index contributed by atoms with van der Waals surface area (Å²) in [6.07, 6.45) is 1.80. The first-order chi connectivity index (χ1) is 14.5. The number of anilines is 2. The fraction of sp³-hybridized carbons (Fsp3) is 0.292. The largest absolute Gasteiger partial charge is 0.369 e. The van der Waals surface area contributed by atoms with Gasteiger partial charge in [0.15, 0.2) is 5.11 Å². The highest BCUT2D eigenvalue weighted by molar-refractivity contribution is 7.80. The number of rotatable bonds is 7. The van der Waals surface area contributed by atoms with Gasteiger partial charge in [0.1, 0.15) is 11.9 Å². The van der Waals surface area contributed by atoms with Gasteiger partial charge in [-0.1, -0.05) is 30.7 Å². The lowest BCUT2D eigenvalue weighted by molar-refractivity contribution is 0.807. The lowest BCUT2D eigenvalue weighted by Crippen LogP contribution is -2.30. The molecule has 5 nitrogen and oxygen atoms in total. The number of hydrogen-bond donors (Lipinski definition) is 3. The van der Waals surface area contributed by atoms with Crippen molar-refractivity contribution in [3.63, 3.8) is 0 Å². The minimum atomic E-state index is 0.566. The van der Waals surface area contributed by atoms with Gasteiger partial charge in [-0.25, -0.2) is 4.98 Å². The van der Waals surface area contributed by atoms with Crippen molar-refractivity contribution in [2.45, 2.75) is 33.6 Å². The van der Waals surface area contributed by atoms with E-state index in [0.29, 0.717) is 23.0 Å². The molecule has 0 atom stereocenters. The third-order valence-corrected chi connectivity index (χ3v) is 5.22. The summed E-state index contributed by atoms with van der Waals surface area (Å²) in [7, 11) is 0. The molecule has 6 heteroatoms. The SMILES string of the molecule is CCc1ccc2nc(NCCCNC(=S)Nc3ccc(C)cc3C)c(C#N)cc2c1. The van der Waals surface area contributed by atoms with Gasteiger partial charge in [-0.15, -0.1) is 0 Å². The monoisotopic (exact) mass is 417 g/mol. The van der Waals surface area contributed by atoms with E-state index in [1.54, 1.807) is 0 Å². The molecule has 0 radical (unpaired) electrons. The van der Waals surface area contributed by atoms with Crippen molar-refractivity contribution in [2.75, 3.05) is 23.7 Å². The third-order valence-electron chi connectivity index (χ3n) is 4.97. The number of pyridine rings is 1. The molecule has 0 aliphatic rings. The maximum absolute atomic E-state index is 9.49. The highest BCUT2D eigenvalue weighted by Gasteiger charge is 2.07. The number of nitriles is 1. The second kappa shape index (κ2) is 10.0. The van der Waals surface area contributed by atoms with Crippen molar-refractivity contribution in [1.82, 2.24) is 10.3 Å². The van der Waals surface area contributed by atoms with Crippen molar-refractivity contribution >= 4 is 39.7 Å². The van der Waals surface area contributed by atoms with Crippen molar-refractivity contribution < 1.29 is 0 Å². The number of thiocarbonyl (C=S) groups is 1. The predicted molar refractivity (Wildman–Crippen MR) is 129 cm³/mol. The standard InChI is InChI=1S/C24H27N5S/c1-4-18-7-9-22-19(13-18)14-20(15-25)23(28-22)26-10-5-11-27-24(30)29-21-8-6-16(2)12-17(21)3/h6-9,12-14H,4-5,10-11H2,1-3H3,(H,26,28)(H2,27,29,30). The van der Waals surface area contributed by atoms with E-state index in [9.17, 15) is 5.26 Å². The number of aromatic nitrogens is 1. The normalized spacial score (nSPS) is 10.5. The Morgan fingerprint density at radius 3 is 2.67 bits per heavy atom. The van der Waals surface area contributed by atoms with Crippen molar-refractivity contribution in [3.05, 3.63) is 64.7 Å². The number of benzene rings is 2. The van der Waals surface area contributed by atoms with Gasteiger partial charge in [0.05, 0.1) is 11.1 Å². The lowest BCUT2D eigenvalue weighted by Gasteiger charge is -2.13. The molecule has 154 valence electrons. The second-order valence-electron chi connectivity index (χ2n) is 7.36. The number of nitrogens with one attached hydrogen (secondary N) is 3. The molecule has 3 N–H and O–H groups in total. The maximum Gasteiger partial charge on any atom is 0.170 e. The predicted octanol–water partition coefficient (Wildman–Crippen LogP) is 5.07. The molecule has 0 unspecified atom stereocenters. The van der Waals surface area contributed by atoms with Crippen LogP contribution in [0.25, 0.3) is 10.9 Å². The van der Waals surface area contributed by atoms with Gasteiger partial charge in [-0.3, -0.25) is 0 Å². The Bertz CT molecular complexity index is 1100. The van der Waals surface area contributed by atoms with E-state index in [2.05, 4.69) is 72.0 Å². The van der Waals surface area contributed by atoms with Crippen LogP contribution in [0.5, 0.6) is 0 Å². The zero-order chi connectivity index (χ0) is 21.5. The Morgan fingerprint density at radius 1 is 1.10 bits per heavy atom. The Hall–Kier alpha value is -3.17. The van der Waals surface area contributed by atoms with Gasteiger partial charge in [0, 0.05) is 24.2 Å². The van der Waals surface area contributed by atoms with E-state index >= 15 is 0 Å². The van der Waals surface area contributed by atoms with E-state index in [1.807, 2.05) is 18.2 Å². The summed E-state index contributed by atoms with van der Waals surface area (Å²) in [6, 6.07) is 16.6. The topological polar surface area (TPSA) is 72.8 Å². The van der Waals surface area contributed by atoms with Crippen molar-refractivity contribution in [3.8, 4) is 6.07 Å². The molecule has 3 aromatic rings. The molecule has 1 aromatic heterocycles. The smallest absolute Gasteiger partial charge is 0.170 e. The molecule has 1 heterocycles. The average molecular weight is 418 g/mol. The zero-order valence-electron chi connectivity index (χ0n) is 17.7. The first-order valence-electron chi connectivity index (χ1n) is 10.2. The van der Waals surface area contributed by atoms with E-state index in [1.165, 1.54) is 16.7 Å². The zero-order valence-corrected chi connectivity index (χ0v) is 18.5. The highest BCUT2D eigenvalue weighted by atomic mass is 32.1. The van der Waals surface area contributed by atoms with Crippen LogP contribution in [0.1, 0.15) is 35.6 Å². The van der Waals surface area contributed by atoms with Crippen LogP contribution in [0.2, 0.25) is 0 Å². The Kier molecular flexibility index (Phi) is 7.21. The molecule has 0 bridgehead atoms. The average Bonchev–Trinajstić information content (AvgIpc) is 2.74. The summed E-state index contributed by atoms with van der Waals surface area (Å²) in [6.45, 7) is 7.67. The van der Waals surface area contributed by atoms with E-state index in [0.717, 1.165) is 36.0 Å². The van der Waals surface area contributed by atoms with Gasteiger partial charge in [0.2, 0.25) is 0 Å². The minimum absolute atomic E-state index is 0.566. The Morgan fingerprint density at radius 2 is 1.93 bits per heavy atom. The van der Waals surface area contributed by atoms with Crippen LogP contribution in [0.15, 0.2) is 42.5 Å². The Balaban J connectivity index is 1.51. The Labute approximate surface area is 183 Å². The van der Waals surface area contributed by atoms with Crippen LogP contribution in [0.3, 0.4) is 0 Å². The molecule has 0 saturated heterocycles. The van der Waals surface area contributed by atoms with Crippen LogP contribution >= 0.6 is 12.2 Å². The molecular weight excluding hydrogens is 390 g/mol. The molecule has 0 spiro atoms. The van der Waals surface area contributed by atoms with Crippen LogP contribution in [0.4, 0.5) is 11.5 Å². The van der Waals surface area contributed by atoms with Gasteiger partial charge in [-0.05, 0) is 74.3 Å². The molecule has 3 rings (SSSR count). The molecule has 0 saturated carbocycles. The summed E-state index contributed by atoms with van der Waals surface area (Å²) >= 11 is 5.39. The van der Waals surface area contributed by atoms with E-state index in [-0.39, 0.29) is 0 Å². The summed E-state index contributed by atoms with van der Waals surface area (Å²) in [5.74, 6) is 0.630. The number of hydrogen-bond acceptors (Lipinski definition) is 4. The number of nitrogens with zero attached hydrogens (tertiary/aromatic N) is 2. The molecular formula is C24H27N5S. The summed E-state index contributed by atoms with van der Waals surface area (Å²) in [4.78, 5) is 4.63. The quantitative estimate of drug-likeness (QED) is 0.368. The van der Waals surface area contributed by atoms with Gasteiger partial charge in [-0.2, -0.15) is 5.26 Å². The van der Waals surface area contributed by atoms with Gasteiger partial charge < -0.3 is 16.0 Å². The summed E-state index contributed by atoms with van der Waals surface area (Å²) in [5, 5.41) is 20.8. The molecule has 2 aromatic carbocycles. The fourth-order valence-electron chi connectivity index (χ4n) is 3.28. The first-order valence-corrected chi connectivity index (χ1v) is 10.6. The number of fused-ring (bicyclic) bond motifs is 1. The molecule has 30 heavy (non-hydrogen) atoms. The maximum atomic E-state index is 9.49. The van der Waals surface area contributed by atoms with Crippen LogP contribution in [0, 0.1) is 25.2 Å². The molecule has 0 aliphatic carbocycles. The van der Waals surface area contributed by atoms with Crippen LogP contribution in [-0.4, -0.2) is 23.2 Å². The fourth-order valence-corrected chi connectivity index (χ4v) is 3.50. The minimum Gasteiger partial charge on any atom is -0.369 e. The second-order valence-corrected chi connectivity index (χ2v) is 7.76. The van der Waals surface area contributed by atoms with Crippen molar-refractivity contribution in [1.29, 1.82) is 5.26 Å². The molecule has 0 fully saturated rings. The van der Waals surface area contributed by atoms with Gasteiger partial charge >= 0.3 is 0 Å². The number of aryl methyl sites for hydroxylation is 3. The van der Waals surface area contributed by atoms with E-state index in [4.69, 9.17) is 12.2 Å². The summed E-state index contributed by atoms with van der Waals surface area (Å²) < 4.78 is 0. The van der Waals surface area contributed by atoms with E-state index < -0.39 is 0 Å². The van der Waals surface area contributed by atoms with Crippen LogP contribution < -0.4 is 16.0 Å². The van der Waals surface area contributed by atoms with Gasteiger partial charge in [0.25, 0.3) is 0 Å². The third kappa shape index (κ3) is 5.46. The lowest BCUT2D eigenvalue weighted by atomic mass is 10.1. The molecule has 0 amide bonds.